The van der Waals surface area contributed by atoms with Crippen molar-refractivity contribution >= 4 is 17.6 Å². The van der Waals surface area contributed by atoms with Crippen molar-refractivity contribution in [3.8, 4) is 0 Å². The summed E-state index contributed by atoms with van der Waals surface area (Å²) < 4.78 is 38.2. The van der Waals surface area contributed by atoms with Gasteiger partial charge in [-0.05, 0) is 12.0 Å². The Morgan fingerprint density at radius 1 is 1.30 bits per heavy atom. The van der Waals surface area contributed by atoms with Crippen LogP contribution in [0.2, 0.25) is 0 Å². The van der Waals surface area contributed by atoms with Gasteiger partial charge in [0.1, 0.15) is 6.04 Å². The first-order chi connectivity index (χ1) is 9.32. The van der Waals surface area contributed by atoms with E-state index >= 15 is 0 Å². The number of carboxylic acids is 1. The van der Waals surface area contributed by atoms with Crippen LogP contribution in [-0.2, 0) is 11.2 Å². The molecule has 0 aliphatic carbocycles. The van der Waals surface area contributed by atoms with Gasteiger partial charge >= 0.3 is 12.1 Å². The van der Waals surface area contributed by atoms with Crippen LogP contribution in [0, 0.1) is 0 Å². The zero-order chi connectivity index (χ0) is 15.2. The molecule has 0 bridgehead atoms. The fraction of sp³-hybridized carbons (Fsp3) is 0.462. The molecule has 0 heterocycles. The number of hydrogen-bond donors (Lipinski definition) is 2. The molecule has 0 amide bonds. The number of carbonyl (C=O) groups is 1. The highest BCUT2D eigenvalue weighted by molar-refractivity contribution is 6.18. The summed E-state index contributed by atoms with van der Waals surface area (Å²) in [6, 6.07) is 6.16. The number of rotatable bonds is 7. The van der Waals surface area contributed by atoms with Gasteiger partial charge in [0.15, 0.2) is 0 Å². The second-order valence-electron chi connectivity index (χ2n) is 4.40. The molecule has 0 fully saturated rings. The molecule has 0 saturated carbocycles. The van der Waals surface area contributed by atoms with E-state index in [4.69, 9.17) is 16.7 Å². The van der Waals surface area contributed by atoms with Gasteiger partial charge in [0.2, 0.25) is 0 Å². The number of hydrogen-bond acceptors (Lipinski definition) is 2. The summed E-state index contributed by atoms with van der Waals surface area (Å²) in [6.07, 6.45) is -5.35. The molecule has 2 N–H and O–H groups in total. The molecule has 0 aromatic heterocycles. The highest BCUT2D eigenvalue weighted by Gasteiger charge is 2.41. The highest BCUT2D eigenvalue weighted by atomic mass is 35.5. The molecule has 0 saturated heterocycles. The molecule has 0 spiro atoms. The largest absolute Gasteiger partial charge is 0.481 e. The molecule has 0 aliphatic rings. The van der Waals surface area contributed by atoms with Crippen molar-refractivity contribution in [2.75, 3.05) is 5.88 Å². The zero-order valence-electron chi connectivity index (χ0n) is 10.5. The predicted molar refractivity (Wildman–Crippen MR) is 69.9 cm³/mol. The van der Waals surface area contributed by atoms with Gasteiger partial charge in [-0.25, -0.2) is 0 Å². The van der Waals surface area contributed by atoms with Crippen molar-refractivity contribution in [2.24, 2.45) is 0 Å². The minimum atomic E-state index is -4.63. The quantitative estimate of drug-likeness (QED) is 0.762. The Bertz CT molecular complexity index is 425. The Morgan fingerprint density at radius 2 is 1.90 bits per heavy atom. The van der Waals surface area contributed by atoms with E-state index in [1.807, 2.05) is 0 Å². The predicted octanol–water partition coefficient (Wildman–Crippen LogP) is 2.83. The van der Waals surface area contributed by atoms with Crippen molar-refractivity contribution in [3.05, 3.63) is 35.9 Å². The normalized spacial score (nSPS) is 14.8. The summed E-state index contributed by atoms with van der Waals surface area (Å²) in [6.45, 7) is 0. The molecule has 7 heteroatoms. The maximum atomic E-state index is 12.7. The lowest BCUT2D eigenvalue weighted by atomic mass is 10.1. The van der Waals surface area contributed by atoms with Crippen LogP contribution in [0.3, 0.4) is 0 Å². The summed E-state index contributed by atoms with van der Waals surface area (Å²) in [5.74, 6) is -1.55. The number of alkyl halides is 4. The lowest BCUT2D eigenvalue weighted by Gasteiger charge is -2.25. The second-order valence-corrected chi connectivity index (χ2v) is 4.71. The molecule has 1 rings (SSSR count). The molecule has 0 aliphatic heterocycles. The van der Waals surface area contributed by atoms with Gasteiger partial charge in [-0.2, -0.15) is 13.2 Å². The van der Waals surface area contributed by atoms with Gasteiger partial charge in [0, 0.05) is 11.9 Å². The van der Waals surface area contributed by atoms with E-state index in [0.29, 0.717) is 6.42 Å². The third-order valence-corrected chi connectivity index (χ3v) is 3.09. The van der Waals surface area contributed by atoms with Crippen molar-refractivity contribution in [1.82, 2.24) is 5.32 Å². The van der Waals surface area contributed by atoms with Gasteiger partial charge in [-0.15, -0.1) is 11.6 Å². The van der Waals surface area contributed by atoms with Gasteiger partial charge < -0.3 is 10.4 Å². The van der Waals surface area contributed by atoms with Crippen molar-refractivity contribution in [3.63, 3.8) is 0 Å². The molecular formula is C13H15ClF3NO2. The van der Waals surface area contributed by atoms with Crippen LogP contribution in [0.25, 0.3) is 0 Å². The molecular weight excluding hydrogens is 295 g/mol. The number of benzene rings is 1. The van der Waals surface area contributed by atoms with Crippen molar-refractivity contribution in [1.29, 1.82) is 0 Å². The lowest BCUT2D eigenvalue weighted by molar-refractivity contribution is -0.168. The zero-order valence-corrected chi connectivity index (χ0v) is 11.3. The number of carboxylic acid groups (broad SMARTS) is 1. The minimum absolute atomic E-state index is 0.0406. The van der Waals surface area contributed by atoms with Gasteiger partial charge in [-0.3, -0.25) is 4.79 Å². The van der Waals surface area contributed by atoms with E-state index in [1.165, 1.54) is 0 Å². The molecule has 1 aromatic rings. The molecule has 3 nitrogen and oxygen atoms in total. The molecule has 1 aromatic carbocycles. The third-order valence-electron chi connectivity index (χ3n) is 2.72. The number of halogens is 4. The second kappa shape index (κ2) is 7.50. The summed E-state index contributed by atoms with van der Waals surface area (Å²) >= 11 is 5.67. The Labute approximate surface area is 119 Å². The first kappa shape index (κ1) is 16.8. The van der Waals surface area contributed by atoms with E-state index in [9.17, 15) is 18.0 Å². The van der Waals surface area contributed by atoms with Crippen LogP contribution in [0.4, 0.5) is 13.2 Å². The van der Waals surface area contributed by atoms with Crippen molar-refractivity contribution < 1.29 is 23.1 Å². The summed E-state index contributed by atoms with van der Waals surface area (Å²) in [4.78, 5) is 10.5. The molecule has 2 atom stereocenters. The van der Waals surface area contributed by atoms with Gasteiger partial charge in [0.05, 0.1) is 6.42 Å². The number of nitrogens with one attached hydrogen (secondary N) is 1. The van der Waals surface area contributed by atoms with Crippen LogP contribution in [0.15, 0.2) is 30.3 Å². The first-order valence-corrected chi connectivity index (χ1v) is 6.51. The van der Waals surface area contributed by atoms with E-state index in [2.05, 4.69) is 5.32 Å². The fourth-order valence-electron chi connectivity index (χ4n) is 1.78. The molecule has 20 heavy (non-hydrogen) atoms. The average molecular weight is 310 g/mol. The fourth-order valence-corrected chi connectivity index (χ4v) is 1.98. The van der Waals surface area contributed by atoms with E-state index in [1.54, 1.807) is 30.3 Å². The van der Waals surface area contributed by atoms with Crippen LogP contribution >= 0.6 is 11.6 Å². The standard InChI is InChI=1S/C13H15ClF3NO2/c14-8-10(6-9-4-2-1-3-5-9)18-11(7-12(19)20)13(15,16)17/h1-5,10-11,18H,6-8H2,(H,19,20)/t10-,11-/m1/s1. The van der Waals surface area contributed by atoms with Crippen LogP contribution in [0.1, 0.15) is 12.0 Å². The minimum Gasteiger partial charge on any atom is -0.481 e. The Morgan fingerprint density at radius 3 is 2.35 bits per heavy atom. The molecule has 112 valence electrons. The summed E-state index contributed by atoms with van der Waals surface area (Å²) in [7, 11) is 0. The summed E-state index contributed by atoms with van der Waals surface area (Å²) in [5, 5.41) is 10.8. The Hall–Kier alpha value is -1.27. The highest BCUT2D eigenvalue weighted by Crippen LogP contribution is 2.23. The number of aliphatic carboxylic acids is 1. The van der Waals surface area contributed by atoms with Crippen LogP contribution < -0.4 is 5.32 Å². The van der Waals surface area contributed by atoms with E-state index < -0.39 is 30.7 Å². The van der Waals surface area contributed by atoms with E-state index in [-0.39, 0.29) is 5.88 Å². The van der Waals surface area contributed by atoms with Gasteiger partial charge in [-0.1, -0.05) is 30.3 Å². The molecule has 0 unspecified atom stereocenters. The maximum absolute atomic E-state index is 12.7. The van der Waals surface area contributed by atoms with Crippen LogP contribution in [0.5, 0.6) is 0 Å². The smallest absolute Gasteiger partial charge is 0.404 e. The Kier molecular flexibility index (Phi) is 6.29. The summed E-state index contributed by atoms with van der Waals surface area (Å²) in [5.41, 5.74) is 0.835. The first-order valence-electron chi connectivity index (χ1n) is 5.97. The van der Waals surface area contributed by atoms with Crippen LogP contribution in [-0.4, -0.2) is 35.2 Å². The lowest BCUT2D eigenvalue weighted by Crippen LogP contribution is -2.49. The monoisotopic (exact) mass is 309 g/mol. The Balaban J connectivity index is 2.71. The molecule has 0 radical (unpaired) electrons. The SMILES string of the molecule is O=C(O)C[C@@H](N[C@@H](CCl)Cc1ccccc1)C(F)(F)F. The topological polar surface area (TPSA) is 49.3 Å². The maximum Gasteiger partial charge on any atom is 0.404 e. The van der Waals surface area contributed by atoms with Crippen molar-refractivity contribution in [2.45, 2.75) is 31.1 Å². The van der Waals surface area contributed by atoms with E-state index in [0.717, 1.165) is 5.56 Å². The third kappa shape index (κ3) is 5.79. The van der Waals surface area contributed by atoms with Gasteiger partial charge in [0.25, 0.3) is 0 Å². The average Bonchev–Trinajstić information content (AvgIpc) is 2.36.